The second kappa shape index (κ2) is 7.78. The molecule has 16 heavy (non-hydrogen) atoms. The van der Waals surface area contributed by atoms with Gasteiger partial charge in [-0.2, -0.15) is 0 Å². The molecule has 0 saturated carbocycles. The van der Waals surface area contributed by atoms with Gasteiger partial charge in [0.05, 0.1) is 10.0 Å². The van der Waals surface area contributed by atoms with Gasteiger partial charge in [-0.15, -0.1) is 0 Å². The fraction of sp³-hybridized carbons (Fsp3) is 0.300. The topological polar surface area (TPSA) is 89.3 Å². The van der Waals surface area contributed by atoms with Crippen molar-refractivity contribution in [2.75, 3.05) is 6.54 Å². The molecule has 6 heteroatoms. The minimum absolute atomic E-state index is 0.0248. The minimum Gasteiger partial charge on any atom is -0.506 e. The summed E-state index contributed by atoms with van der Waals surface area (Å²) < 4.78 is 1.26. The Morgan fingerprint density at radius 1 is 1.50 bits per heavy atom. The Balaban J connectivity index is 0.000000385. The van der Waals surface area contributed by atoms with Crippen LogP contribution in [0.5, 0.6) is 5.75 Å². The normalized spacial score (nSPS) is 11.3. The van der Waals surface area contributed by atoms with E-state index >= 15 is 0 Å². The highest BCUT2D eigenvalue weighted by Gasteiger charge is 2.05. The summed E-state index contributed by atoms with van der Waals surface area (Å²) in [6.07, 6.45) is 0.602. The smallest absolute Gasteiger partial charge is 0.153 e. The fourth-order valence-corrected chi connectivity index (χ4v) is 1.93. The average molecular weight is 354 g/mol. The third-order valence-corrected chi connectivity index (χ3v) is 2.62. The van der Waals surface area contributed by atoms with Gasteiger partial charge in [-0.05, 0) is 35.0 Å². The zero-order chi connectivity index (χ0) is 12.7. The van der Waals surface area contributed by atoms with E-state index in [4.69, 9.17) is 11.5 Å². The van der Waals surface area contributed by atoms with E-state index in [1.165, 1.54) is 0 Å². The lowest BCUT2D eigenvalue weighted by atomic mass is 10.2. The lowest BCUT2D eigenvalue weighted by molar-refractivity contribution is 0.112. The number of hydrogen-bond donors (Lipinski definition) is 3. The zero-order valence-corrected chi connectivity index (χ0v) is 12.0. The second-order valence-corrected chi connectivity index (χ2v) is 4.93. The number of aromatic hydroxyl groups is 1. The molecule has 1 rings (SSSR count). The van der Waals surface area contributed by atoms with Crippen molar-refractivity contribution in [2.24, 2.45) is 11.5 Å². The highest BCUT2D eigenvalue weighted by Crippen LogP contribution is 2.30. The molecule has 1 aromatic carbocycles. The number of carbonyl (C=O) groups excluding carboxylic acids is 1. The quantitative estimate of drug-likeness (QED) is 0.709. The van der Waals surface area contributed by atoms with Crippen LogP contribution in [0.3, 0.4) is 0 Å². The van der Waals surface area contributed by atoms with Gasteiger partial charge in [0, 0.05) is 17.1 Å². The molecule has 4 nitrogen and oxygen atoms in total. The van der Waals surface area contributed by atoms with Crippen LogP contribution in [-0.4, -0.2) is 24.0 Å². The monoisotopic (exact) mass is 352 g/mol. The Labute approximate surface area is 111 Å². The number of benzene rings is 1. The molecule has 0 bridgehead atoms. The molecule has 0 radical (unpaired) electrons. The van der Waals surface area contributed by atoms with Gasteiger partial charge in [0.1, 0.15) is 5.75 Å². The van der Waals surface area contributed by atoms with Crippen LogP contribution < -0.4 is 11.5 Å². The van der Waals surface area contributed by atoms with Crippen LogP contribution in [0.2, 0.25) is 0 Å². The van der Waals surface area contributed by atoms with Crippen molar-refractivity contribution in [1.29, 1.82) is 0 Å². The maximum atomic E-state index is 10.3. The minimum atomic E-state index is -0.0248. The Bertz CT molecular complexity index is 357. The van der Waals surface area contributed by atoms with Gasteiger partial charge in [-0.25, -0.2) is 0 Å². The van der Waals surface area contributed by atoms with Gasteiger partial charge >= 0.3 is 0 Å². The van der Waals surface area contributed by atoms with Crippen molar-refractivity contribution in [3.05, 3.63) is 26.6 Å². The highest BCUT2D eigenvalue weighted by molar-refractivity contribution is 9.11. The Morgan fingerprint density at radius 3 is 2.38 bits per heavy atom. The van der Waals surface area contributed by atoms with Crippen LogP contribution >= 0.6 is 31.9 Å². The van der Waals surface area contributed by atoms with E-state index in [9.17, 15) is 9.90 Å². The Kier molecular flexibility index (Phi) is 7.57. The number of rotatable bonds is 2. The first-order valence-electron chi connectivity index (χ1n) is 4.51. The van der Waals surface area contributed by atoms with Crippen LogP contribution in [0, 0.1) is 0 Å². The molecule has 1 unspecified atom stereocenters. The van der Waals surface area contributed by atoms with Gasteiger partial charge in [0.2, 0.25) is 0 Å². The van der Waals surface area contributed by atoms with Gasteiger partial charge in [0.25, 0.3) is 0 Å². The summed E-state index contributed by atoms with van der Waals surface area (Å²) in [6.45, 7) is 2.46. The van der Waals surface area contributed by atoms with Gasteiger partial charge in [-0.1, -0.05) is 15.9 Å². The van der Waals surface area contributed by atoms with Gasteiger partial charge in [0.15, 0.2) is 6.29 Å². The number of carbonyl (C=O) groups is 1. The van der Waals surface area contributed by atoms with Crippen molar-refractivity contribution in [2.45, 2.75) is 13.0 Å². The third kappa shape index (κ3) is 5.60. The molecule has 5 N–H and O–H groups in total. The van der Waals surface area contributed by atoms with Crippen LogP contribution in [-0.2, 0) is 0 Å². The van der Waals surface area contributed by atoms with Gasteiger partial charge in [-0.3, -0.25) is 4.79 Å². The molecule has 1 aromatic rings. The van der Waals surface area contributed by atoms with Crippen molar-refractivity contribution in [1.82, 2.24) is 0 Å². The number of aldehydes is 1. The summed E-state index contributed by atoms with van der Waals surface area (Å²) in [4.78, 5) is 10.3. The maximum absolute atomic E-state index is 10.3. The molecular formula is C10H14Br2N2O2. The first kappa shape index (κ1) is 15.6. The van der Waals surface area contributed by atoms with E-state index < -0.39 is 0 Å². The molecule has 0 aromatic heterocycles. The van der Waals surface area contributed by atoms with Crippen LogP contribution in [0.25, 0.3) is 0 Å². The molecule has 0 aliphatic rings. The number of hydrogen-bond acceptors (Lipinski definition) is 4. The number of nitrogens with two attached hydrogens (primary N) is 2. The number of phenolic OH excluding ortho intramolecular Hbond substituents is 1. The molecular weight excluding hydrogens is 340 g/mol. The molecule has 0 amide bonds. The first-order chi connectivity index (χ1) is 7.42. The molecule has 0 aliphatic heterocycles. The van der Waals surface area contributed by atoms with Crippen molar-refractivity contribution >= 4 is 38.1 Å². The summed E-state index contributed by atoms with van der Waals surface area (Å²) in [7, 11) is 0. The summed E-state index contributed by atoms with van der Waals surface area (Å²) in [6, 6.07) is 3.38. The molecule has 0 fully saturated rings. The fourth-order valence-electron chi connectivity index (χ4n) is 0.676. The number of phenols is 1. The van der Waals surface area contributed by atoms with Crippen molar-refractivity contribution < 1.29 is 9.90 Å². The lowest BCUT2D eigenvalue weighted by Crippen LogP contribution is -2.25. The summed E-state index contributed by atoms with van der Waals surface area (Å²) in [5.41, 5.74) is 10.5. The van der Waals surface area contributed by atoms with E-state index in [2.05, 4.69) is 31.9 Å². The van der Waals surface area contributed by atoms with Crippen LogP contribution in [0.1, 0.15) is 17.3 Å². The molecule has 0 saturated heterocycles. The third-order valence-electron chi connectivity index (χ3n) is 1.56. The number of halogens is 2. The first-order valence-corrected chi connectivity index (χ1v) is 6.09. The average Bonchev–Trinajstić information content (AvgIpc) is 2.24. The van der Waals surface area contributed by atoms with E-state index in [0.717, 1.165) is 4.47 Å². The van der Waals surface area contributed by atoms with E-state index in [1.807, 2.05) is 6.92 Å². The summed E-state index contributed by atoms with van der Waals surface area (Å²) in [5.74, 6) is -0.0248. The standard InChI is InChI=1S/C7H4Br2O2.C3H10N2/c8-5-1-4(3-10)7(11)6(9)2-5;1-3(5)2-4/h1-3,11H;3H,2,4-5H2,1H3. The van der Waals surface area contributed by atoms with Crippen molar-refractivity contribution in [3.8, 4) is 5.75 Å². The lowest BCUT2D eigenvalue weighted by Gasteiger charge is -1.99. The molecule has 1 atom stereocenters. The molecule has 0 heterocycles. The molecule has 0 spiro atoms. The van der Waals surface area contributed by atoms with Crippen molar-refractivity contribution in [3.63, 3.8) is 0 Å². The largest absolute Gasteiger partial charge is 0.506 e. The zero-order valence-electron chi connectivity index (χ0n) is 8.78. The van der Waals surface area contributed by atoms with Crippen LogP contribution in [0.4, 0.5) is 0 Å². The van der Waals surface area contributed by atoms with Crippen LogP contribution in [0.15, 0.2) is 21.1 Å². The molecule has 0 aliphatic carbocycles. The Morgan fingerprint density at radius 2 is 2.00 bits per heavy atom. The second-order valence-electron chi connectivity index (χ2n) is 3.16. The summed E-state index contributed by atoms with van der Waals surface area (Å²) >= 11 is 6.29. The maximum Gasteiger partial charge on any atom is 0.153 e. The Hall–Kier alpha value is -0.430. The predicted molar refractivity (Wildman–Crippen MR) is 71.6 cm³/mol. The molecule has 90 valence electrons. The highest BCUT2D eigenvalue weighted by atomic mass is 79.9. The van der Waals surface area contributed by atoms with E-state index in [-0.39, 0.29) is 17.4 Å². The SMILES string of the molecule is CC(N)CN.O=Cc1cc(Br)cc(Br)c1O. The predicted octanol–water partition coefficient (Wildman–Crippen LogP) is 2.02. The van der Waals surface area contributed by atoms with E-state index in [0.29, 0.717) is 17.3 Å². The van der Waals surface area contributed by atoms with E-state index in [1.54, 1.807) is 12.1 Å². The summed E-state index contributed by atoms with van der Waals surface area (Å²) in [5, 5.41) is 9.22. The van der Waals surface area contributed by atoms with Gasteiger partial charge < -0.3 is 16.6 Å².